The summed E-state index contributed by atoms with van der Waals surface area (Å²) in [5, 5.41) is 0. The van der Waals surface area contributed by atoms with E-state index >= 15 is 0 Å². The molecule has 3 aromatic heterocycles. The molecule has 0 aliphatic carbocycles. The summed E-state index contributed by atoms with van der Waals surface area (Å²) in [6.45, 7) is 5.93. The van der Waals surface area contributed by atoms with Crippen LogP contribution in [0.15, 0.2) is 43.1 Å². The second-order valence-corrected chi connectivity index (χ2v) is 5.71. The van der Waals surface area contributed by atoms with Gasteiger partial charge in [-0.1, -0.05) is 13.0 Å². The van der Waals surface area contributed by atoms with E-state index in [1.54, 1.807) is 0 Å². The topological polar surface area (TPSA) is 49.6 Å². The lowest BCUT2D eigenvalue weighted by Crippen LogP contribution is -2.47. The third kappa shape index (κ3) is 2.50. The van der Waals surface area contributed by atoms with Crippen LogP contribution in [-0.4, -0.2) is 45.5 Å². The molecule has 0 saturated carbocycles. The highest BCUT2D eigenvalue weighted by Gasteiger charge is 2.21. The highest BCUT2D eigenvalue weighted by atomic mass is 15.3. The average molecular weight is 308 g/mol. The molecule has 3 aromatic rings. The first kappa shape index (κ1) is 14.0. The van der Waals surface area contributed by atoms with Gasteiger partial charge in [0.05, 0.1) is 12.0 Å². The molecule has 0 unspecified atom stereocenters. The van der Waals surface area contributed by atoms with Gasteiger partial charge in [-0.15, -0.1) is 0 Å². The number of fused-ring (bicyclic) bond motifs is 1. The standard InChI is InChI=1S/C17H20N6/c1-2-14-16-17(19-7-8-23(16)13-20-14)22-11-9-21(10-12-22)15-5-3-4-6-18-15/h3-8,13H,2,9-12H2,1H3. The maximum absolute atomic E-state index is 4.64. The summed E-state index contributed by atoms with van der Waals surface area (Å²) in [5.74, 6) is 2.10. The first-order chi connectivity index (χ1) is 11.4. The van der Waals surface area contributed by atoms with E-state index < -0.39 is 0 Å². The van der Waals surface area contributed by atoms with Crippen molar-refractivity contribution in [1.29, 1.82) is 0 Å². The molecular weight excluding hydrogens is 288 g/mol. The van der Waals surface area contributed by atoms with Crippen molar-refractivity contribution < 1.29 is 0 Å². The Labute approximate surface area is 135 Å². The second kappa shape index (κ2) is 5.87. The van der Waals surface area contributed by atoms with Crippen LogP contribution < -0.4 is 9.80 Å². The summed E-state index contributed by atoms with van der Waals surface area (Å²) in [6.07, 6.45) is 8.47. The van der Waals surface area contributed by atoms with Crippen LogP contribution in [0.1, 0.15) is 12.6 Å². The monoisotopic (exact) mass is 308 g/mol. The number of hydrogen-bond donors (Lipinski definition) is 0. The van der Waals surface area contributed by atoms with E-state index in [9.17, 15) is 0 Å². The van der Waals surface area contributed by atoms with Crippen molar-refractivity contribution in [2.24, 2.45) is 0 Å². The van der Waals surface area contributed by atoms with E-state index in [0.717, 1.165) is 55.4 Å². The number of hydrogen-bond acceptors (Lipinski definition) is 5. The summed E-state index contributed by atoms with van der Waals surface area (Å²) in [4.78, 5) is 18.3. The number of aryl methyl sites for hydroxylation is 1. The number of imidazole rings is 1. The van der Waals surface area contributed by atoms with E-state index in [0.29, 0.717) is 0 Å². The van der Waals surface area contributed by atoms with Crippen molar-refractivity contribution in [3.05, 3.63) is 48.8 Å². The van der Waals surface area contributed by atoms with E-state index in [4.69, 9.17) is 0 Å². The van der Waals surface area contributed by atoms with Crippen LogP contribution in [0, 0.1) is 0 Å². The van der Waals surface area contributed by atoms with Gasteiger partial charge in [0.2, 0.25) is 0 Å². The molecule has 0 atom stereocenters. The molecule has 4 heterocycles. The van der Waals surface area contributed by atoms with Crippen molar-refractivity contribution in [3.8, 4) is 0 Å². The van der Waals surface area contributed by atoms with Gasteiger partial charge < -0.3 is 14.2 Å². The zero-order chi connectivity index (χ0) is 15.6. The van der Waals surface area contributed by atoms with Gasteiger partial charge in [-0.2, -0.15) is 0 Å². The van der Waals surface area contributed by atoms with Crippen molar-refractivity contribution in [2.75, 3.05) is 36.0 Å². The third-order valence-electron chi connectivity index (χ3n) is 4.39. The van der Waals surface area contributed by atoms with Gasteiger partial charge >= 0.3 is 0 Å². The third-order valence-corrected chi connectivity index (χ3v) is 4.39. The summed E-state index contributed by atoms with van der Waals surface area (Å²) in [5.41, 5.74) is 2.25. The minimum absolute atomic E-state index is 0.920. The van der Waals surface area contributed by atoms with E-state index in [-0.39, 0.29) is 0 Å². The first-order valence-corrected chi connectivity index (χ1v) is 8.08. The molecular formula is C17H20N6. The Hall–Kier alpha value is -2.63. The number of nitrogens with zero attached hydrogens (tertiary/aromatic N) is 6. The van der Waals surface area contributed by atoms with Crippen LogP contribution in [0.5, 0.6) is 0 Å². The number of anilines is 2. The van der Waals surface area contributed by atoms with Gasteiger partial charge in [-0.05, 0) is 18.6 Å². The minimum atomic E-state index is 0.920. The largest absolute Gasteiger partial charge is 0.353 e. The zero-order valence-corrected chi connectivity index (χ0v) is 13.3. The normalized spacial score (nSPS) is 15.3. The lowest BCUT2D eigenvalue weighted by Gasteiger charge is -2.36. The van der Waals surface area contributed by atoms with Gasteiger partial charge in [0, 0.05) is 44.8 Å². The fraction of sp³-hybridized carbons (Fsp3) is 0.353. The molecule has 23 heavy (non-hydrogen) atoms. The molecule has 1 aliphatic rings. The maximum atomic E-state index is 4.64. The molecule has 0 aromatic carbocycles. The predicted octanol–water partition coefficient (Wildman–Crippen LogP) is 2.01. The molecule has 6 heteroatoms. The predicted molar refractivity (Wildman–Crippen MR) is 91.0 cm³/mol. The number of aromatic nitrogens is 4. The second-order valence-electron chi connectivity index (χ2n) is 5.71. The summed E-state index contributed by atoms with van der Waals surface area (Å²) in [6, 6.07) is 6.06. The molecule has 118 valence electrons. The van der Waals surface area contributed by atoms with Gasteiger partial charge in [0.25, 0.3) is 0 Å². The molecule has 0 radical (unpaired) electrons. The molecule has 0 amide bonds. The SMILES string of the molecule is CCc1ncn2ccnc(N3CCN(c4ccccn4)CC3)c12. The average Bonchev–Trinajstić information content (AvgIpc) is 3.06. The smallest absolute Gasteiger partial charge is 0.154 e. The Bertz CT molecular complexity index is 789. The molecule has 6 nitrogen and oxygen atoms in total. The molecule has 1 saturated heterocycles. The fourth-order valence-corrected chi connectivity index (χ4v) is 3.17. The number of rotatable bonds is 3. The van der Waals surface area contributed by atoms with E-state index in [1.165, 1.54) is 0 Å². The summed E-state index contributed by atoms with van der Waals surface area (Å²) in [7, 11) is 0. The molecule has 1 fully saturated rings. The van der Waals surface area contributed by atoms with Gasteiger partial charge in [0.15, 0.2) is 5.82 Å². The Morgan fingerprint density at radius 1 is 0.957 bits per heavy atom. The Morgan fingerprint density at radius 3 is 2.52 bits per heavy atom. The zero-order valence-electron chi connectivity index (χ0n) is 13.3. The van der Waals surface area contributed by atoms with Crippen LogP contribution in [-0.2, 0) is 6.42 Å². The number of pyridine rings is 1. The van der Waals surface area contributed by atoms with E-state index in [1.807, 2.05) is 37.1 Å². The fourth-order valence-electron chi connectivity index (χ4n) is 3.17. The molecule has 0 spiro atoms. The molecule has 4 rings (SSSR count). The summed E-state index contributed by atoms with van der Waals surface area (Å²) < 4.78 is 2.08. The lowest BCUT2D eigenvalue weighted by molar-refractivity contribution is 0.642. The summed E-state index contributed by atoms with van der Waals surface area (Å²) >= 11 is 0. The van der Waals surface area contributed by atoms with Crippen molar-refractivity contribution in [2.45, 2.75) is 13.3 Å². The molecule has 0 N–H and O–H groups in total. The van der Waals surface area contributed by atoms with Crippen molar-refractivity contribution in [1.82, 2.24) is 19.4 Å². The highest BCUT2D eigenvalue weighted by Crippen LogP contribution is 2.24. The minimum Gasteiger partial charge on any atom is -0.353 e. The van der Waals surface area contributed by atoms with Crippen LogP contribution in [0.4, 0.5) is 11.6 Å². The van der Waals surface area contributed by atoms with Crippen LogP contribution in [0.3, 0.4) is 0 Å². The molecule has 1 aliphatic heterocycles. The molecule has 0 bridgehead atoms. The lowest BCUT2D eigenvalue weighted by atomic mass is 10.2. The van der Waals surface area contributed by atoms with Crippen LogP contribution in [0.25, 0.3) is 5.52 Å². The van der Waals surface area contributed by atoms with Gasteiger partial charge in [0.1, 0.15) is 11.3 Å². The van der Waals surface area contributed by atoms with Crippen molar-refractivity contribution >= 4 is 17.2 Å². The van der Waals surface area contributed by atoms with Crippen molar-refractivity contribution in [3.63, 3.8) is 0 Å². The van der Waals surface area contributed by atoms with E-state index in [2.05, 4.69) is 42.1 Å². The van der Waals surface area contributed by atoms with Crippen LogP contribution >= 0.6 is 0 Å². The quantitative estimate of drug-likeness (QED) is 0.741. The highest BCUT2D eigenvalue weighted by molar-refractivity contribution is 5.72. The first-order valence-electron chi connectivity index (χ1n) is 8.08. The van der Waals surface area contributed by atoms with Crippen LogP contribution in [0.2, 0.25) is 0 Å². The Morgan fingerprint density at radius 2 is 1.78 bits per heavy atom. The maximum Gasteiger partial charge on any atom is 0.154 e. The number of piperazine rings is 1. The van der Waals surface area contributed by atoms with Gasteiger partial charge in [-0.25, -0.2) is 15.0 Å². The Balaban J connectivity index is 1.58. The Kier molecular flexibility index (Phi) is 3.57. The van der Waals surface area contributed by atoms with Gasteiger partial charge in [-0.3, -0.25) is 0 Å².